The summed E-state index contributed by atoms with van der Waals surface area (Å²) >= 11 is 0. The van der Waals surface area contributed by atoms with E-state index >= 15 is 0 Å². The molecular weight excluding hydrogens is 444 g/mol. The number of aromatic nitrogens is 3. The van der Waals surface area contributed by atoms with Crippen LogP contribution in [-0.2, 0) is 17.9 Å². The van der Waals surface area contributed by atoms with E-state index in [-0.39, 0.29) is 6.10 Å². The molecule has 1 unspecified atom stereocenters. The van der Waals surface area contributed by atoms with Crippen LogP contribution in [-0.4, -0.2) is 60.8 Å². The highest BCUT2D eigenvalue weighted by molar-refractivity contribution is 6.55. The average Bonchev–Trinajstić information content (AvgIpc) is 3.58. The largest absolute Gasteiger partial charge is 0.488 e. The lowest BCUT2D eigenvalue weighted by atomic mass is 10.1. The molecule has 8 heteroatoms. The number of fused-ring (bicyclic) bond motifs is 1. The molecule has 2 aromatic heterocycles. The van der Waals surface area contributed by atoms with Gasteiger partial charge in [-0.15, -0.1) is 0 Å². The van der Waals surface area contributed by atoms with Gasteiger partial charge >= 0.3 is 0 Å². The van der Waals surface area contributed by atoms with Gasteiger partial charge in [-0.1, -0.05) is 19.2 Å². The summed E-state index contributed by atoms with van der Waals surface area (Å²) in [6.07, 6.45) is 7.43. The van der Waals surface area contributed by atoms with Gasteiger partial charge in [-0.3, -0.25) is 4.90 Å². The fourth-order valence-electron chi connectivity index (χ4n) is 4.56. The van der Waals surface area contributed by atoms with E-state index in [1.807, 2.05) is 41.2 Å². The molecular formula is C26H34N4O3Si. The second-order valence-corrected chi connectivity index (χ2v) is 13.0. The predicted molar refractivity (Wildman–Crippen MR) is 135 cm³/mol. The highest BCUT2D eigenvalue weighted by Crippen LogP contribution is 2.34. The number of nitrogens with zero attached hydrogens (tertiary/aromatic N) is 4. The van der Waals surface area contributed by atoms with Gasteiger partial charge in [0.1, 0.15) is 24.3 Å². The van der Waals surface area contributed by atoms with Crippen LogP contribution in [0, 0.1) is 0 Å². The molecule has 1 aromatic carbocycles. The van der Waals surface area contributed by atoms with Gasteiger partial charge in [-0.25, -0.2) is 9.67 Å². The molecule has 7 nitrogen and oxygen atoms in total. The molecule has 1 atom stereocenters. The first-order valence-corrected chi connectivity index (χ1v) is 15.5. The molecule has 4 heterocycles. The van der Waals surface area contributed by atoms with E-state index in [1.54, 1.807) is 6.20 Å². The second-order valence-electron chi connectivity index (χ2n) is 9.64. The Morgan fingerprint density at radius 2 is 2.00 bits per heavy atom. The maximum absolute atomic E-state index is 6.22. The number of benzene rings is 1. The standard InChI is InChI=1S/C26H34N4O3Si/c1-34(2)14-13-31-19-30-24(9-10-28-30)21-6-8-26(27-17-21)33-22-7-5-20-15-23(32-25(20)16-22)18-29-11-3-4-12-29/h5-10,16-17,23,34H,3-4,11-15,18-19H2,1-2H3. The number of ether oxygens (including phenoxy) is 3. The van der Waals surface area contributed by atoms with Crippen molar-refractivity contribution in [2.24, 2.45) is 0 Å². The Balaban J connectivity index is 1.18. The van der Waals surface area contributed by atoms with Crippen molar-refractivity contribution >= 4 is 8.80 Å². The lowest BCUT2D eigenvalue weighted by molar-refractivity contribution is 0.0801. The highest BCUT2D eigenvalue weighted by atomic mass is 28.3. The van der Waals surface area contributed by atoms with Crippen molar-refractivity contribution in [1.29, 1.82) is 0 Å². The van der Waals surface area contributed by atoms with E-state index in [0.717, 1.165) is 42.3 Å². The van der Waals surface area contributed by atoms with Gasteiger partial charge in [0.2, 0.25) is 5.88 Å². The minimum absolute atomic E-state index is 0.238. The summed E-state index contributed by atoms with van der Waals surface area (Å²) in [7, 11) is -0.592. The zero-order valence-electron chi connectivity index (χ0n) is 20.2. The summed E-state index contributed by atoms with van der Waals surface area (Å²) in [5.74, 6) is 2.23. The minimum Gasteiger partial charge on any atom is -0.488 e. The van der Waals surface area contributed by atoms with E-state index in [9.17, 15) is 0 Å². The fourth-order valence-corrected chi connectivity index (χ4v) is 5.20. The first-order chi connectivity index (χ1) is 16.6. The number of rotatable bonds is 10. The molecule has 2 aliphatic heterocycles. The van der Waals surface area contributed by atoms with Gasteiger partial charge < -0.3 is 14.2 Å². The number of hydrogen-bond acceptors (Lipinski definition) is 6. The zero-order chi connectivity index (χ0) is 23.3. The molecule has 1 fully saturated rings. The molecule has 3 aromatic rings. The zero-order valence-corrected chi connectivity index (χ0v) is 21.3. The van der Waals surface area contributed by atoms with Crippen LogP contribution in [0.2, 0.25) is 19.1 Å². The van der Waals surface area contributed by atoms with Crippen LogP contribution in [0.3, 0.4) is 0 Å². The van der Waals surface area contributed by atoms with Crippen molar-refractivity contribution in [3.05, 3.63) is 54.4 Å². The maximum atomic E-state index is 6.22. The normalized spacial score (nSPS) is 17.8. The smallest absolute Gasteiger partial charge is 0.219 e. The lowest BCUT2D eigenvalue weighted by Crippen LogP contribution is -2.32. The maximum Gasteiger partial charge on any atom is 0.219 e. The molecule has 180 valence electrons. The van der Waals surface area contributed by atoms with Crippen molar-refractivity contribution < 1.29 is 14.2 Å². The lowest BCUT2D eigenvalue weighted by Gasteiger charge is -2.19. The number of hydrogen-bond donors (Lipinski definition) is 0. The fraction of sp³-hybridized carbons (Fsp3) is 0.462. The van der Waals surface area contributed by atoms with Gasteiger partial charge in [-0.05, 0) is 55.7 Å². The molecule has 0 bridgehead atoms. The summed E-state index contributed by atoms with van der Waals surface area (Å²) in [6, 6.07) is 13.2. The van der Waals surface area contributed by atoms with Crippen molar-refractivity contribution in [2.45, 2.75) is 51.2 Å². The SMILES string of the molecule is C[SiH](C)CCOCn1nccc1-c1ccc(Oc2ccc3c(c2)OC(CN2CCCC2)C3)nc1. The molecule has 5 rings (SSSR count). The Kier molecular flexibility index (Phi) is 7.27. The number of likely N-dealkylation sites (tertiary alicyclic amines) is 1. The summed E-state index contributed by atoms with van der Waals surface area (Å²) in [4.78, 5) is 7.03. The summed E-state index contributed by atoms with van der Waals surface area (Å²) in [5, 5.41) is 4.40. The van der Waals surface area contributed by atoms with Crippen molar-refractivity contribution in [2.75, 3.05) is 26.2 Å². The third-order valence-corrected chi connectivity index (χ3v) is 7.85. The van der Waals surface area contributed by atoms with Gasteiger partial charge in [0.05, 0.1) is 5.69 Å². The average molecular weight is 479 g/mol. The van der Waals surface area contributed by atoms with Gasteiger partial charge in [-0.2, -0.15) is 5.10 Å². The molecule has 0 radical (unpaired) electrons. The van der Waals surface area contributed by atoms with Gasteiger partial charge in [0.25, 0.3) is 0 Å². The van der Waals surface area contributed by atoms with E-state index in [0.29, 0.717) is 12.6 Å². The van der Waals surface area contributed by atoms with Crippen LogP contribution < -0.4 is 9.47 Å². The third-order valence-electron chi connectivity index (χ3n) is 6.46. The van der Waals surface area contributed by atoms with E-state index in [2.05, 4.69) is 34.1 Å². The molecule has 0 aliphatic carbocycles. The van der Waals surface area contributed by atoms with Crippen LogP contribution in [0.1, 0.15) is 18.4 Å². The first kappa shape index (κ1) is 23.1. The Morgan fingerprint density at radius 1 is 1.12 bits per heavy atom. The van der Waals surface area contributed by atoms with Crippen LogP contribution >= 0.6 is 0 Å². The summed E-state index contributed by atoms with van der Waals surface area (Å²) < 4.78 is 19.9. The van der Waals surface area contributed by atoms with Crippen molar-refractivity contribution in [3.8, 4) is 28.6 Å². The van der Waals surface area contributed by atoms with E-state index in [4.69, 9.17) is 14.2 Å². The highest BCUT2D eigenvalue weighted by Gasteiger charge is 2.26. The molecule has 0 N–H and O–H groups in total. The van der Waals surface area contributed by atoms with Crippen LogP contribution in [0.25, 0.3) is 11.3 Å². The predicted octanol–water partition coefficient (Wildman–Crippen LogP) is 4.60. The molecule has 34 heavy (non-hydrogen) atoms. The molecule has 2 aliphatic rings. The van der Waals surface area contributed by atoms with Crippen LogP contribution in [0.5, 0.6) is 17.4 Å². The van der Waals surface area contributed by atoms with Gasteiger partial charge in [0, 0.05) is 58.5 Å². The quantitative estimate of drug-likeness (QED) is 0.314. The van der Waals surface area contributed by atoms with Crippen LogP contribution in [0.15, 0.2) is 48.8 Å². The second kappa shape index (κ2) is 10.7. The monoisotopic (exact) mass is 478 g/mol. The Bertz CT molecular complexity index is 1080. The Morgan fingerprint density at radius 3 is 2.79 bits per heavy atom. The molecule has 1 saturated heterocycles. The first-order valence-electron chi connectivity index (χ1n) is 12.4. The van der Waals surface area contributed by atoms with Crippen LogP contribution in [0.4, 0.5) is 0 Å². The van der Waals surface area contributed by atoms with E-state index in [1.165, 1.54) is 37.5 Å². The van der Waals surface area contributed by atoms with E-state index < -0.39 is 8.80 Å². The topological polar surface area (TPSA) is 61.6 Å². The van der Waals surface area contributed by atoms with Crippen molar-refractivity contribution in [3.63, 3.8) is 0 Å². The minimum atomic E-state index is -0.592. The van der Waals surface area contributed by atoms with Crippen molar-refractivity contribution in [1.82, 2.24) is 19.7 Å². The number of pyridine rings is 1. The molecule has 0 saturated carbocycles. The van der Waals surface area contributed by atoms with Gasteiger partial charge in [0.15, 0.2) is 0 Å². The Labute approximate surface area is 203 Å². The molecule has 0 spiro atoms. The Hall–Kier alpha value is -2.68. The third kappa shape index (κ3) is 5.68. The summed E-state index contributed by atoms with van der Waals surface area (Å²) in [6.45, 7) is 9.31. The molecule has 0 amide bonds. The summed E-state index contributed by atoms with van der Waals surface area (Å²) in [5.41, 5.74) is 3.22.